The lowest BCUT2D eigenvalue weighted by molar-refractivity contribution is -0.139. The molecule has 0 aliphatic heterocycles. The molecule has 0 aliphatic carbocycles. The van der Waals surface area contributed by atoms with Gasteiger partial charge >= 0.3 is 11.9 Å². The van der Waals surface area contributed by atoms with Gasteiger partial charge in [-0.3, -0.25) is 4.79 Å². The number of benzene rings is 2. The van der Waals surface area contributed by atoms with Crippen molar-refractivity contribution in [2.75, 3.05) is 7.11 Å². The quantitative estimate of drug-likeness (QED) is 0.765. The number of hydrogen-bond acceptors (Lipinski definition) is 5. The van der Waals surface area contributed by atoms with Crippen molar-refractivity contribution in [3.05, 3.63) is 70.8 Å². The number of methoxy groups -OCH3 is 1. The van der Waals surface area contributed by atoms with E-state index in [9.17, 15) is 19.5 Å². The summed E-state index contributed by atoms with van der Waals surface area (Å²) in [4.78, 5) is 35.4. The van der Waals surface area contributed by atoms with Crippen LogP contribution in [0.1, 0.15) is 31.8 Å². The molecule has 0 unspecified atom stereocenters. The standard InChI is InChI=1S/C19H16N2O5/c1-26-19(25)15-4-2-3-14(10-15)17(22)21-16(18(23)24)9-12-5-7-13(11-20)8-6-12/h2-8,10,16H,9H2,1H3,(H,21,22)(H,23,24)/t16-/m1/s1. The lowest BCUT2D eigenvalue weighted by atomic mass is 10.0. The number of carbonyl (C=O) groups is 3. The van der Waals surface area contributed by atoms with E-state index in [4.69, 9.17) is 5.26 Å². The van der Waals surface area contributed by atoms with E-state index in [0.717, 1.165) is 0 Å². The number of rotatable bonds is 6. The highest BCUT2D eigenvalue weighted by Crippen LogP contribution is 2.10. The summed E-state index contributed by atoms with van der Waals surface area (Å²) >= 11 is 0. The first-order chi connectivity index (χ1) is 12.4. The van der Waals surface area contributed by atoms with Gasteiger partial charge in [0.05, 0.1) is 24.3 Å². The average molecular weight is 352 g/mol. The molecule has 2 aromatic carbocycles. The van der Waals surface area contributed by atoms with Gasteiger partial charge in [0.1, 0.15) is 6.04 Å². The van der Waals surface area contributed by atoms with Crippen molar-refractivity contribution >= 4 is 17.8 Å². The normalized spacial score (nSPS) is 11.1. The third kappa shape index (κ3) is 4.68. The first kappa shape index (κ1) is 18.7. The van der Waals surface area contributed by atoms with Gasteiger partial charge in [-0.15, -0.1) is 0 Å². The molecule has 0 aliphatic rings. The van der Waals surface area contributed by atoms with Crippen molar-refractivity contribution in [3.63, 3.8) is 0 Å². The van der Waals surface area contributed by atoms with Gasteiger partial charge in [0, 0.05) is 12.0 Å². The number of nitrogens with zero attached hydrogens (tertiary/aromatic N) is 1. The molecule has 1 atom stereocenters. The zero-order chi connectivity index (χ0) is 19.1. The fourth-order valence-electron chi connectivity index (χ4n) is 2.30. The van der Waals surface area contributed by atoms with E-state index in [0.29, 0.717) is 11.1 Å². The molecule has 0 saturated heterocycles. The van der Waals surface area contributed by atoms with Crippen LogP contribution in [0.3, 0.4) is 0 Å². The summed E-state index contributed by atoms with van der Waals surface area (Å²) < 4.78 is 4.60. The molecule has 132 valence electrons. The predicted octanol–water partition coefficient (Wildman–Crippen LogP) is 1.77. The van der Waals surface area contributed by atoms with Gasteiger partial charge in [0.25, 0.3) is 5.91 Å². The molecule has 26 heavy (non-hydrogen) atoms. The van der Waals surface area contributed by atoms with E-state index in [-0.39, 0.29) is 17.5 Å². The van der Waals surface area contributed by atoms with Crippen molar-refractivity contribution in [2.45, 2.75) is 12.5 Å². The maximum Gasteiger partial charge on any atom is 0.337 e. The first-order valence-corrected chi connectivity index (χ1v) is 7.65. The Morgan fingerprint density at radius 2 is 1.81 bits per heavy atom. The van der Waals surface area contributed by atoms with Crippen molar-refractivity contribution in [1.29, 1.82) is 5.26 Å². The van der Waals surface area contributed by atoms with Crippen LogP contribution in [0, 0.1) is 11.3 Å². The fourth-order valence-corrected chi connectivity index (χ4v) is 2.30. The molecule has 2 aromatic rings. The fraction of sp³-hybridized carbons (Fsp3) is 0.158. The molecule has 0 aromatic heterocycles. The Balaban J connectivity index is 2.14. The van der Waals surface area contributed by atoms with Crippen LogP contribution in [0.4, 0.5) is 0 Å². The van der Waals surface area contributed by atoms with Crippen molar-refractivity contribution in [2.24, 2.45) is 0 Å². The summed E-state index contributed by atoms with van der Waals surface area (Å²) in [6, 6.07) is 13.1. The van der Waals surface area contributed by atoms with E-state index in [2.05, 4.69) is 10.1 Å². The van der Waals surface area contributed by atoms with Gasteiger partial charge in [-0.1, -0.05) is 18.2 Å². The number of nitrogens with one attached hydrogen (secondary N) is 1. The average Bonchev–Trinajstić information content (AvgIpc) is 2.67. The van der Waals surface area contributed by atoms with Crippen molar-refractivity contribution < 1.29 is 24.2 Å². The van der Waals surface area contributed by atoms with Gasteiger partial charge in [0.2, 0.25) is 0 Å². The Kier molecular flexibility index (Phi) is 6.06. The highest BCUT2D eigenvalue weighted by atomic mass is 16.5. The van der Waals surface area contributed by atoms with E-state index in [1.165, 1.54) is 31.4 Å². The minimum atomic E-state index is -1.19. The molecular weight excluding hydrogens is 336 g/mol. The molecule has 7 heteroatoms. The Bertz CT molecular complexity index is 868. The second-order valence-electron chi connectivity index (χ2n) is 5.45. The molecule has 2 rings (SSSR count). The van der Waals surface area contributed by atoms with Gasteiger partial charge < -0.3 is 15.2 Å². The Labute approximate surface area is 149 Å². The number of carbonyl (C=O) groups excluding carboxylic acids is 2. The number of carboxylic acids is 1. The number of carboxylic acid groups (broad SMARTS) is 1. The third-order valence-electron chi connectivity index (χ3n) is 3.67. The molecule has 0 heterocycles. The van der Waals surface area contributed by atoms with E-state index in [1.807, 2.05) is 6.07 Å². The summed E-state index contributed by atoms with van der Waals surface area (Å²) in [5, 5.41) is 20.6. The molecule has 7 nitrogen and oxygen atoms in total. The van der Waals surface area contributed by atoms with Gasteiger partial charge in [-0.05, 0) is 35.9 Å². The summed E-state index contributed by atoms with van der Waals surface area (Å²) in [6.07, 6.45) is 0.0590. The van der Waals surface area contributed by atoms with Gasteiger partial charge in [-0.2, -0.15) is 5.26 Å². The minimum Gasteiger partial charge on any atom is -0.480 e. The molecule has 0 spiro atoms. The first-order valence-electron chi connectivity index (χ1n) is 7.65. The number of aliphatic carboxylic acids is 1. The van der Waals surface area contributed by atoms with Crippen LogP contribution in [0.15, 0.2) is 48.5 Å². The summed E-state index contributed by atoms with van der Waals surface area (Å²) in [5.41, 5.74) is 1.47. The van der Waals surface area contributed by atoms with Crippen LogP contribution in [0.5, 0.6) is 0 Å². The van der Waals surface area contributed by atoms with Crippen LogP contribution in [0.2, 0.25) is 0 Å². The number of ether oxygens (including phenoxy) is 1. The van der Waals surface area contributed by atoms with Crippen molar-refractivity contribution in [1.82, 2.24) is 5.32 Å². The summed E-state index contributed by atoms with van der Waals surface area (Å²) in [7, 11) is 1.23. The van der Waals surface area contributed by atoms with Crippen LogP contribution in [-0.4, -0.2) is 36.1 Å². The molecule has 0 bridgehead atoms. The predicted molar refractivity (Wildman–Crippen MR) is 91.5 cm³/mol. The van der Waals surface area contributed by atoms with Crippen molar-refractivity contribution in [3.8, 4) is 6.07 Å². The number of hydrogen-bond donors (Lipinski definition) is 2. The second-order valence-corrected chi connectivity index (χ2v) is 5.45. The molecule has 0 fully saturated rings. The van der Waals surface area contributed by atoms with Gasteiger partial charge in [0.15, 0.2) is 0 Å². The van der Waals surface area contributed by atoms with Gasteiger partial charge in [-0.25, -0.2) is 9.59 Å². The SMILES string of the molecule is COC(=O)c1cccc(C(=O)N[C@H](Cc2ccc(C#N)cc2)C(=O)O)c1. The minimum absolute atomic E-state index is 0.0590. The lowest BCUT2D eigenvalue weighted by Gasteiger charge is -2.15. The largest absolute Gasteiger partial charge is 0.480 e. The van der Waals surface area contributed by atoms with Crippen LogP contribution < -0.4 is 5.32 Å². The smallest absolute Gasteiger partial charge is 0.337 e. The molecule has 2 N–H and O–H groups in total. The maximum atomic E-state index is 12.3. The molecule has 0 saturated carbocycles. The summed E-state index contributed by atoms with van der Waals surface area (Å²) in [6.45, 7) is 0. The Hall–Kier alpha value is -3.66. The topological polar surface area (TPSA) is 116 Å². The van der Waals surface area contributed by atoms with Crippen LogP contribution >= 0.6 is 0 Å². The van der Waals surface area contributed by atoms with Crippen LogP contribution in [-0.2, 0) is 16.0 Å². The molecular formula is C19H16N2O5. The van der Waals surface area contributed by atoms with E-state index >= 15 is 0 Å². The van der Waals surface area contributed by atoms with E-state index in [1.54, 1.807) is 24.3 Å². The Morgan fingerprint density at radius 1 is 1.15 bits per heavy atom. The lowest BCUT2D eigenvalue weighted by Crippen LogP contribution is -2.42. The highest BCUT2D eigenvalue weighted by Gasteiger charge is 2.21. The third-order valence-corrected chi connectivity index (χ3v) is 3.67. The zero-order valence-corrected chi connectivity index (χ0v) is 13.9. The summed E-state index contributed by atoms with van der Waals surface area (Å²) in [5.74, 6) is -2.39. The molecule has 1 amide bonds. The highest BCUT2D eigenvalue weighted by molar-refractivity contribution is 5.99. The number of nitriles is 1. The van der Waals surface area contributed by atoms with E-state index < -0.39 is 23.9 Å². The number of esters is 1. The number of amides is 1. The second kappa shape index (κ2) is 8.44. The zero-order valence-electron chi connectivity index (χ0n) is 13.9. The van der Waals surface area contributed by atoms with Crippen LogP contribution in [0.25, 0.3) is 0 Å². The monoisotopic (exact) mass is 352 g/mol. The Morgan fingerprint density at radius 3 is 2.38 bits per heavy atom. The molecule has 0 radical (unpaired) electrons. The maximum absolute atomic E-state index is 12.3.